The molecular weight excluding hydrogens is 312 g/mol. The van der Waals surface area contributed by atoms with E-state index >= 15 is 0 Å². The number of nitrogens with zero attached hydrogens (tertiary/aromatic N) is 5. The third-order valence-electron chi connectivity index (χ3n) is 4.25. The standard InChI is InChI=1S/C15H14N6O3/c1-8-10(7-21-14(20(8)2)17-18-19-21)12(22)5-9-3-4-11-13(6-9)24-15(23)16-11/h3-4,6H,5,7H2,1-2H3,(H,16,23). The fourth-order valence-electron chi connectivity index (χ4n) is 2.84. The van der Waals surface area contributed by atoms with Crippen molar-refractivity contribution in [3.8, 4) is 0 Å². The Hall–Kier alpha value is -3.23. The number of anilines is 1. The number of oxazole rings is 1. The molecule has 0 atom stereocenters. The van der Waals surface area contributed by atoms with Gasteiger partial charge in [-0.1, -0.05) is 11.2 Å². The number of aromatic nitrogens is 5. The Kier molecular flexibility index (Phi) is 3.08. The van der Waals surface area contributed by atoms with E-state index in [0.29, 0.717) is 29.2 Å². The van der Waals surface area contributed by atoms with Gasteiger partial charge < -0.3 is 9.32 Å². The van der Waals surface area contributed by atoms with E-state index in [1.807, 2.05) is 14.0 Å². The van der Waals surface area contributed by atoms with Gasteiger partial charge in [0.2, 0.25) is 5.95 Å². The van der Waals surface area contributed by atoms with Gasteiger partial charge in [-0.05, 0) is 35.0 Å². The summed E-state index contributed by atoms with van der Waals surface area (Å²) in [5.74, 6) is 0.0875. The topological polar surface area (TPSA) is 110 Å². The first-order valence-electron chi connectivity index (χ1n) is 7.37. The normalized spacial score (nSPS) is 14.3. The van der Waals surface area contributed by atoms with Gasteiger partial charge in [-0.3, -0.25) is 9.78 Å². The molecule has 1 aliphatic rings. The number of carbonyl (C=O) groups excluding carboxylic acids is 1. The van der Waals surface area contributed by atoms with E-state index in [1.165, 1.54) is 0 Å². The molecule has 24 heavy (non-hydrogen) atoms. The van der Waals surface area contributed by atoms with Gasteiger partial charge in [-0.2, -0.15) is 0 Å². The van der Waals surface area contributed by atoms with Gasteiger partial charge in [0.25, 0.3) is 0 Å². The van der Waals surface area contributed by atoms with E-state index in [2.05, 4.69) is 20.5 Å². The molecule has 0 aliphatic carbocycles. The molecule has 0 bridgehead atoms. The minimum absolute atomic E-state index is 0.0160. The number of aromatic amines is 1. The van der Waals surface area contributed by atoms with Crippen LogP contribution in [0.25, 0.3) is 11.1 Å². The first-order chi connectivity index (χ1) is 11.5. The van der Waals surface area contributed by atoms with Crippen LogP contribution in [0.2, 0.25) is 0 Å². The lowest BCUT2D eigenvalue weighted by atomic mass is 10.00. The zero-order valence-corrected chi connectivity index (χ0v) is 13.1. The second kappa shape index (κ2) is 5.15. The van der Waals surface area contributed by atoms with Gasteiger partial charge in [-0.25, -0.2) is 9.48 Å². The van der Waals surface area contributed by atoms with E-state index < -0.39 is 5.76 Å². The molecule has 0 unspecified atom stereocenters. The predicted molar refractivity (Wildman–Crippen MR) is 84.5 cm³/mol. The largest absolute Gasteiger partial charge is 0.417 e. The minimum atomic E-state index is -0.507. The first-order valence-corrected chi connectivity index (χ1v) is 7.37. The van der Waals surface area contributed by atoms with E-state index in [0.717, 1.165) is 11.3 Å². The summed E-state index contributed by atoms with van der Waals surface area (Å²) in [6.07, 6.45) is 0.211. The number of carbonyl (C=O) groups is 1. The Balaban J connectivity index is 1.63. The van der Waals surface area contributed by atoms with Crippen molar-refractivity contribution in [3.63, 3.8) is 0 Å². The molecule has 2 aromatic heterocycles. The maximum atomic E-state index is 12.7. The SMILES string of the molecule is CC1=C(C(=O)Cc2ccc3[nH]c(=O)oc3c2)Cn2nnnc2N1C. The zero-order valence-electron chi connectivity index (χ0n) is 13.1. The molecule has 1 aromatic carbocycles. The molecule has 0 radical (unpaired) electrons. The second-order valence-corrected chi connectivity index (χ2v) is 5.70. The Labute approximate surface area is 135 Å². The average molecular weight is 326 g/mol. The maximum absolute atomic E-state index is 12.7. The molecule has 3 aromatic rings. The number of allylic oxidation sites excluding steroid dienone is 2. The molecule has 4 rings (SSSR count). The molecule has 0 saturated carbocycles. The number of hydrogen-bond acceptors (Lipinski definition) is 7. The van der Waals surface area contributed by atoms with Crippen molar-refractivity contribution < 1.29 is 9.21 Å². The van der Waals surface area contributed by atoms with Crippen LogP contribution in [0.3, 0.4) is 0 Å². The average Bonchev–Trinajstić information content (AvgIpc) is 3.15. The summed E-state index contributed by atoms with van der Waals surface area (Å²) in [7, 11) is 1.82. The van der Waals surface area contributed by atoms with Crippen LogP contribution in [-0.4, -0.2) is 38.0 Å². The smallest absolute Gasteiger partial charge is 0.408 e. The highest BCUT2D eigenvalue weighted by Crippen LogP contribution is 2.25. The summed E-state index contributed by atoms with van der Waals surface area (Å²) in [4.78, 5) is 28.3. The first kappa shape index (κ1) is 14.4. The molecule has 0 spiro atoms. The van der Waals surface area contributed by atoms with Crippen molar-refractivity contribution in [1.29, 1.82) is 0 Å². The van der Waals surface area contributed by atoms with Crippen LogP contribution < -0.4 is 10.7 Å². The van der Waals surface area contributed by atoms with Crippen LogP contribution >= 0.6 is 0 Å². The lowest BCUT2D eigenvalue weighted by Gasteiger charge is -2.26. The summed E-state index contributed by atoms with van der Waals surface area (Å²) in [6, 6.07) is 5.24. The van der Waals surface area contributed by atoms with Gasteiger partial charge in [0, 0.05) is 24.7 Å². The highest BCUT2D eigenvalue weighted by Gasteiger charge is 2.26. The molecule has 3 heterocycles. The number of rotatable bonds is 3. The van der Waals surface area contributed by atoms with Crippen LogP contribution in [0.4, 0.5) is 5.95 Å². The van der Waals surface area contributed by atoms with Crippen LogP contribution in [0, 0.1) is 0 Å². The van der Waals surface area contributed by atoms with E-state index in [9.17, 15) is 9.59 Å². The number of Topliss-reactive ketones (excluding diaryl/α,β-unsaturated/α-hetero) is 1. The molecular formula is C15H14N6O3. The predicted octanol–water partition coefficient (Wildman–Crippen LogP) is 0.643. The summed E-state index contributed by atoms with van der Waals surface area (Å²) in [5, 5.41) is 11.5. The molecule has 0 fully saturated rings. The van der Waals surface area contributed by atoms with Gasteiger partial charge >= 0.3 is 5.76 Å². The summed E-state index contributed by atoms with van der Waals surface area (Å²) in [5.41, 5.74) is 3.33. The zero-order chi connectivity index (χ0) is 16.8. The Morgan fingerprint density at radius 1 is 1.42 bits per heavy atom. The number of hydrogen-bond donors (Lipinski definition) is 1. The van der Waals surface area contributed by atoms with E-state index in [1.54, 1.807) is 27.8 Å². The number of fused-ring (bicyclic) bond motifs is 2. The number of benzene rings is 1. The Morgan fingerprint density at radius 2 is 2.25 bits per heavy atom. The summed E-state index contributed by atoms with van der Waals surface area (Å²) >= 11 is 0. The maximum Gasteiger partial charge on any atom is 0.417 e. The van der Waals surface area contributed by atoms with Crippen LogP contribution in [0.5, 0.6) is 0 Å². The van der Waals surface area contributed by atoms with Gasteiger partial charge in [0.05, 0.1) is 12.1 Å². The Morgan fingerprint density at radius 3 is 3.08 bits per heavy atom. The van der Waals surface area contributed by atoms with Crippen LogP contribution in [0.1, 0.15) is 12.5 Å². The summed E-state index contributed by atoms with van der Waals surface area (Å²) in [6.45, 7) is 2.22. The quantitative estimate of drug-likeness (QED) is 0.752. The lowest BCUT2D eigenvalue weighted by Crippen LogP contribution is -2.30. The number of H-pyrrole nitrogens is 1. The molecule has 1 aliphatic heterocycles. The number of nitrogens with one attached hydrogen (secondary N) is 1. The molecule has 0 saturated heterocycles. The highest BCUT2D eigenvalue weighted by molar-refractivity contribution is 5.98. The minimum Gasteiger partial charge on any atom is -0.408 e. The van der Waals surface area contributed by atoms with Crippen LogP contribution in [-0.2, 0) is 17.8 Å². The number of ketones is 1. The van der Waals surface area contributed by atoms with Crippen molar-refractivity contribution in [2.75, 3.05) is 11.9 Å². The second-order valence-electron chi connectivity index (χ2n) is 5.70. The third-order valence-corrected chi connectivity index (χ3v) is 4.25. The third kappa shape index (κ3) is 2.21. The van der Waals surface area contributed by atoms with Crippen molar-refractivity contribution >= 4 is 22.8 Å². The molecule has 122 valence electrons. The molecule has 1 N–H and O–H groups in total. The Bertz CT molecular complexity index is 1040. The van der Waals surface area contributed by atoms with Gasteiger partial charge in [0.1, 0.15) is 0 Å². The van der Waals surface area contributed by atoms with Crippen molar-refractivity contribution in [2.45, 2.75) is 19.9 Å². The number of tetrazole rings is 1. The highest BCUT2D eigenvalue weighted by atomic mass is 16.4. The van der Waals surface area contributed by atoms with Crippen molar-refractivity contribution in [2.24, 2.45) is 0 Å². The fourth-order valence-corrected chi connectivity index (χ4v) is 2.84. The van der Waals surface area contributed by atoms with E-state index in [4.69, 9.17) is 4.42 Å². The summed E-state index contributed by atoms with van der Waals surface area (Å²) < 4.78 is 6.63. The van der Waals surface area contributed by atoms with E-state index in [-0.39, 0.29) is 12.2 Å². The monoisotopic (exact) mass is 326 g/mol. The lowest BCUT2D eigenvalue weighted by molar-refractivity contribution is -0.115. The van der Waals surface area contributed by atoms with Crippen molar-refractivity contribution in [1.82, 2.24) is 25.2 Å². The molecule has 9 heteroatoms. The molecule has 0 amide bonds. The van der Waals surface area contributed by atoms with Gasteiger partial charge in [0.15, 0.2) is 11.4 Å². The fraction of sp³-hybridized carbons (Fsp3) is 0.267. The van der Waals surface area contributed by atoms with Crippen LogP contribution in [0.15, 0.2) is 38.7 Å². The van der Waals surface area contributed by atoms with Crippen molar-refractivity contribution in [3.05, 3.63) is 45.6 Å². The van der Waals surface area contributed by atoms with Gasteiger partial charge in [-0.15, -0.1) is 0 Å². The molecule has 9 nitrogen and oxygen atoms in total.